The van der Waals surface area contributed by atoms with Gasteiger partial charge in [-0.3, -0.25) is 9.89 Å². The van der Waals surface area contributed by atoms with E-state index < -0.39 is 0 Å². The van der Waals surface area contributed by atoms with Gasteiger partial charge in [-0.15, -0.1) is 35.3 Å². The normalized spacial score (nSPS) is 20.0. The lowest BCUT2D eigenvalue weighted by atomic mass is 9.67. The largest absolute Gasteiger partial charge is 0.385 e. The quantitative estimate of drug-likeness (QED) is 0.267. The first-order valence-corrected chi connectivity index (χ1v) is 11.9. The van der Waals surface area contributed by atoms with Gasteiger partial charge in [0.15, 0.2) is 5.96 Å². The number of rotatable bonds is 10. The van der Waals surface area contributed by atoms with Crippen molar-refractivity contribution in [3.05, 3.63) is 22.4 Å². The molecule has 2 aliphatic rings. The predicted molar refractivity (Wildman–Crippen MR) is 134 cm³/mol. The summed E-state index contributed by atoms with van der Waals surface area (Å²) in [6.07, 6.45) is 7.61. The molecule has 0 atom stereocenters. The summed E-state index contributed by atoms with van der Waals surface area (Å²) < 4.78 is 5.31. The minimum absolute atomic E-state index is 0. The Kier molecular flexibility index (Phi) is 11.3. The molecule has 0 unspecified atom stereocenters. The summed E-state index contributed by atoms with van der Waals surface area (Å²) >= 11 is 1.87. The van der Waals surface area contributed by atoms with E-state index in [2.05, 4.69) is 40.0 Å². The van der Waals surface area contributed by atoms with Crippen molar-refractivity contribution in [1.29, 1.82) is 0 Å². The van der Waals surface area contributed by atoms with E-state index in [-0.39, 0.29) is 24.0 Å². The van der Waals surface area contributed by atoms with Crippen LogP contribution in [0.2, 0.25) is 0 Å². The molecule has 1 aromatic heterocycles. The number of hydrogen-bond acceptors (Lipinski definition) is 4. The van der Waals surface area contributed by atoms with E-state index in [1.807, 2.05) is 11.3 Å². The number of nitrogens with zero attached hydrogens (tertiary/aromatic N) is 2. The van der Waals surface area contributed by atoms with Gasteiger partial charge in [0.2, 0.25) is 0 Å². The van der Waals surface area contributed by atoms with E-state index in [0.29, 0.717) is 5.41 Å². The molecule has 2 fully saturated rings. The van der Waals surface area contributed by atoms with Crippen molar-refractivity contribution < 1.29 is 4.74 Å². The molecule has 2 heterocycles. The van der Waals surface area contributed by atoms with Crippen LogP contribution in [0.5, 0.6) is 0 Å². The summed E-state index contributed by atoms with van der Waals surface area (Å²) in [5.74, 6) is 1.74. The molecule has 0 spiro atoms. The van der Waals surface area contributed by atoms with Crippen molar-refractivity contribution in [3.8, 4) is 0 Å². The fraction of sp³-hybridized carbons (Fsp3) is 0.773. The number of halogens is 1. The summed E-state index contributed by atoms with van der Waals surface area (Å²) in [5.41, 5.74) is 0.380. The molecule has 1 aromatic rings. The molecule has 0 radical (unpaired) electrons. The Labute approximate surface area is 198 Å². The van der Waals surface area contributed by atoms with Crippen LogP contribution < -0.4 is 10.6 Å². The van der Waals surface area contributed by atoms with Crippen LogP contribution in [0.4, 0.5) is 0 Å². The molecule has 3 rings (SSSR count). The molecule has 5 nitrogen and oxygen atoms in total. The number of piperidine rings is 1. The van der Waals surface area contributed by atoms with Gasteiger partial charge in [-0.2, -0.15) is 0 Å². The topological polar surface area (TPSA) is 48.9 Å². The number of guanidine groups is 1. The molecule has 0 aromatic carbocycles. The molecule has 1 saturated carbocycles. The van der Waals surface area contributed by atoms with Gasteiger partial charge >= 0.3 is 0 Å². The Hall–Kier alpha value is -0.380. The second kappa shape index (κ2) is 13.1. The average Bonchev–Trinajstić information content (AvgIpc) is 3.19. The van der Waals surface area contributed by atoms with Crippen molar-refractivity contribution in [2.24, 2.45) is 16.3 Å². The molecule has 1 aliphatic heterocycles. The van der Waals surface area contributed by atoms with Crippen LogP contribution in [0.3, 0.4) is 0 Å². The van der Waals surface area contributed by atoms with Crippen molar-refractivity contribution >= 4 is 41.3 Å². The van der Waals surface area contributed by atoms with Crippen LogP contribution >= 0.6 is 35.3 Å². The summed E-state index contributed by atoms with van der Waals surface area (Å²) in [6, 6.07) is 4.40. The summed E-state index contributed by atoms with van der Waals surface area (Å²) in [6.45, 7) is 9.39. The zero-order chi connectivity index (χ0) is 19.7. The third-order valence-corrected chi connectivity index (χ3v) is 7.25. The second-order valence-electron chi connectivity index (χ2n) is 8.47. The fourth-order valence-electron chi connectivity index (χ4n) is 4.28. The molecular formula is C22H39IN4OS. The van der Waals surface area contributed by atoms with Gasteiger partial charge in [0.25, 0.3) is 0 Å². The number of nitrogens with one attached hydrogen (secondary N) is 2. The smallest absolute Gasteiger partial charge is 0.191 e. The highest BCUT2D eigenvalue weighted by molar-refractivity contribution is 14.0. The lowest BCUT2D eigenvalue weighted by Gasteiger charge is -2.41. The molecule has 1 saturated heterocycles. The summed E-state index contributed by atoms with van der Waals surface area (Å²) in [4.78, 5) is 9.02. The SMILES string of the molecule is CCNC(=NCC1(CCOC)CCC1)NCC1CCN(Cc2cccs2)CC1.I. The van der Waals surface area contributed by atoms with Gasteiger partial charge in [-0.05, 0) is 74.9 Å². The summed E-state index contributed by atoms with van der Waals surface area (Å²) in [7, 11) is 1.80. The van der Waals surface area contributed by atoms with Crippen LogP contribution in [-0.2, 0) is 11.3 Å². The minimum Gasteiger partial charge on any atom is -0.385 e. The fourth-order valence-corrected chi connectivity index (χ4v) is 5.03. The van der Waals surface area contributed by atoms with E-state index in [9.17, 15) is 0 Å². The van der Waals surface area contributed by atoms with Crippen LogP contribution in [0.15, 0.2) is 22.5 Å². The van der Waals surface area contributed by atoms with Gasteiger partial charge in [0.1, 0.15) is 0 Å². The first-order valence-electron chi connectivity index (χ1n) is 11.0. The number of ether oxygens (including phenoxy) is 1. The average molecular weight is 535 g/mol. The van der Waals surface area contributed by atoms with Gasteiger partial charge in [-0.25, -0.2) is 0 Å². The van der Waals surface area contributed by atoms with Gasteiger partial charge < -0.3 is 15.4 Å². The number of methoxy groups -OCH3 is 1. The summed E-state index contributed by atoms with van der Waals surface area (Å²) in [5, 5.41) is 9.23. The standard InChI is InChI=1S/C22H38N4OS.HI/c1-3-23-21(25-18-22(9-5-10-22)11-14-27-2)24-16-19-7-12-26(13-8-19)17-20-6-4-15-28-20;/h4,6,15,19H,3,5,7-14,16-18H2,1-2H3,(H2,23,24,25);1H. The van der Waals surface area contributed by atoms with Crippen molar-refractivity contribution in [2.75, 3.05) is 46.4 Å². The van der Waals surface area contributed by atoms with Crippen molar-refractivity contribution in [2.45, 2.75) is 52.0 Å². The van der Waals surface area contributed by atoms with Crippen molar-refractivity contribution in [3.63, 3.8) is 0 Å². The Balaban J connectivity index is 0.00000300. The molecule has 7 heteroatoms. The van der Waals surface area contributed by atoms with Crippen LogP contribution in [-0.4, -0.2) is 57.3 Å². The van der Waals surface area contributed by atoms with Crippen molar-refractivity contribution in [1.82, 2.24) is 15.5 Å². The van der Waals surface area contributed by atoms with Gasteiger partial charge in [0, 0.05) is 44.8 Å². The molecule has 0 bridgehead atoms. The Morgan fingerprint density at radius 3 is 2.69 bits per heavy atom. The monoisotopic (exact) mass is 534 g/mol. The van der Waals surface area contributed by atoms with Crippen LogP contribution in [0, 0.1) is 11.3 Å². The van der Waals surface area contributed by atoms with E-state index in [4.69, 9.17) is 9.73 Å². The second-order valence-corrected chi connectivity index (χ2v) is 9.50. The van der Waals surface area contributed by atoms with E-state index >= 15 is 0 Å². The minimum atomic E-state index is 0. The molecule has 29 heavy (non-hydrogen) atoms. The molecule has 0 amide bonds. The number of aliphatic imine (C=N–C) groups is 1. The first-order chi connectivity index (χ1) is 13.7. The third-order valence-electron chi connectivity index (χ3n) is 6.39. The maximum absolute atomic E-state index is 5.31. The number of hydrogen-bond donors (Lipinski definition) is 2. The van der Waals surface area contributed by atoms with E-state index in [1.165, 1.54) is 50.1 Å². The van der Waals surface area contributed by atoms with Gasteiger partial charge in [0.05, 0.1) is 0 Å². The van der Waals surface area contributed by atoms with Crippen LogP contribution in [0.1, 0.15) is 50.3 Å². The lowest BCUT2D eigenvalue weighted by Crippen LogP contribution is -2.43. The Morgan fingerprint density at radius 2 is 2.10 bits per heavy atom. The van der Waals surface area contributed by atoms with Gasteiger partial charge in [-0.1, -0.05) is 12.5 Å². The zero-order valence-corrected chi connectivity index (χ0v) is 21.3. The number of thiophene rings is 1. The molecule has 166 valence electrons. The highest BCUT2D eigenvalue weighted by atomic mass is 127. The maximum Gasteiger partial charge on any atom is 0.191 e. The highest BCUT2D eigenvalue weighted by Crippen LogP contribution is 2.44. The lowest BCUT2D eigenvalue weighted by molar-refractivity contribution is 0.0778. The zero-order valence-electron chi connectivity index (χ0n) is 18.1. The predicted octanol–water partition coefficient (Wildman–Crippen LogP) is 4.34. The molecule has 2 N–H and O–H groups in total. The maximum atomic E-state index is 5.31. The number of likely N-dealkylation sites (tertiary alicyclic amines) is 1. The molecule has 1 aliphatic carbocycles. The third kappa shape index (κ3) is 7.99. The Bertz CT molecular complexity index is 584. The Morgan fingerprint density at radius 1 is 1.31 bits per heavy atom. The molecular weight excluding hydrogens is 495 g/mol. The van der Waals surface area contributed by atoms with E-state index in [1.54, 1.807) is 7.11 Å². The highest BCUT2D eigenvalue weighted by Gasteiger charge is 2.36. The van der Waals surface area contributed by atoms with E-state index in [0.717, 1.165) is 51.1 Å². The first kappa shape index (κ1) is 24.9. The van der Waals surface area contributed by atoms with Crippen LogP contribution in [0.25, 0.3) is 0 Å².